The average molecular weight is 254 g/mol. The summed E-state index contributed by atoms with van der Waals surface area (Å²) in [6.45, 7) is 7.37. The summed E-state index contributed by atoms with van der Waals surface area (Å²) in [6.07, 6.45) is 13.7. The van der Waals surface area contributed by atoms with Gasteiger partial charge < -0.3 is 4.90 Å². The molecule has 0 radical (unpaired) electrons. The van der Waals surface area contributed by atoms with Crippen molar-refractivity contribution in [2.75, 3.05) is 19.3 Å². The van der Waals surface area contributed by atoms with Crippen molar-refractivity contribution >= 4 is 9.52 Å². The van der Waals surface area contributed by atoms with E-state index in [0.29, 0.717) is 0 Å². The number of rotatable bonds is 8. The molecule has 0 amide bonds. The number of hydrogen-bond donors (Lipinski definition) is 0. The summed E-state index contributed by atoms with van der Waals surface area (Å²) in [5.41, 5.74) is 1.74. The van der Waals surface area contributed by atoms with E-state index in [0.717, 1.165) is 0 Å². The third kappa shape index (κ3) is 7.05. The van der Waals surface area contributed by atoms with Crippen molar-refractivity contribution in [2.24, 2.45) is 0 Å². The van der Waals surface area contributed by atoms with Crippen LogP contribution in [-0.4, -0.2) is 33.7 Å². The highest BCUT2D eigenvalue weighted by molar-refractivity contribution is 6.36. The molecule has 0 unspecified atom stereocenters. The Hall–Kier alpha value is -0.0831. The first-order chi connectivity index (χ1) is 8.36. The van der Waals surface area contributed by atoms with Crippen LogP contribution in [0.4, 0.5) is 0 Å². The van der Waals surface area contributed by atoms with Crippen LogP contribution in [0.5, 0.6) is 0 Å². The Morgan fingerprint density at radius 1 is 1.06 bits per heavy atom. The van der Waals surface area contributed by atoms with Crippen molar-refractivity contribution in [3.05, 3.63) is 11.6 Å². The van der Waals surface area contributed by atoms with E-state index < -0.39 is 0 Å². The van der Waals surface area contributed by atoms with Crippen molar-refractivity contribution in [3.8, 4) is 0 Å². The fourth-order valence-corrected chi connectivity index (χ4v) is 4.46. The Labute approximate surface area is 110 Å². The van der Waals surface area contributed by atoms with Gasteiger partial charge in [-0.05, 0) is 51.0 Å². The summed E-state index contributed by atoms with van der Waals surface area (Å²) in [5, 5.41) is 0. The van der Waals surface area contributed by atoms with Crippen LogP contribution in [0, 0.1) is 0 Å². The van der Waals surface area contributed by atoms with Gasteiger partial charge in [0, 0.05) is 9.52 Å². The van der Waals surface area contributed by atoms with Crippen LogP contribution in [0.25, 0.3) is 0 Å². The van der Waals surface area contributed by atoms with E-state index in [1.165, 1.54) is 70.2 Å². The summed E-state index contributed by atoms with van der Waals surface area (Å²) < 4.78 is 0. The molecule has 1 heterocycles. The van der Waals surface area contributed by atoms with Gasteiger partial charge in [-0.15, -0.1) is 0 Å². The lowest BCUT2D eigenvalue weighted by atomic mass is 10.1. The van der Waals surface area contributed by atoms with E-state index in [2.05, 4.69) is 24.8 Å². The van der Waals surface area contributed by atoms with Crippen molar-refractivity contribution in [1.29, 1.82) is 0 Å². The molecular formula is C15H31NSi. The van der Waals surface area contributed by atoms with Gasteiger partial charge in [0.15, 0.2) is 0 Å². The zero-order chi connectivity index (χ0) is 12.3. The molecule has 0 aromatic carbocycles. The SMILES string of the molecule is CCCC(=CC[SiH2]CN1CCCCC1)CCC. The molecule has 0 spiro atoms. The molecule has 1 aliphatic heterocycles. The molecule has 0 N–H and O–H groups in total. The Bertz CT molecular complexity index is 199. The number of hydrogen-bond acceptors (Lipinski definition) is 1. The fraction of sp³-hybridized carbons (Fsp3) is 0.867. The summed E-state index contributed by atoms with van der Waals surface area (Å²) >= 11 is 0. The Morgan fingerprint density at radius 2 is 1.71 bits per heavy atom. The number of piperidine rings is 1. The fourth-order valence-electron chi connectivity index (χ4n) is 2.78. The topological polar surface area (TPSA) is 3.24 Å². The van der Waals surface area contributed by atoms with Crippen LogP contribution in [0.1, 0.15) is 58.8 Å². The standard InChI is InChI=1S/C15H31NSi/c1-3-8-15(9-4-2)10-13-17-14-16-11-6-5-7-12-16/h10H,3-9,11-14,17H2,1-2H3. The Morgan fingerprint density at radius 3 is 2.29 bits per heavy atom. The maximum absolute atomic E-state index is 2.71. The molecule has 1 saturated heterocycles. The molecule has 0 aromatic rings. The second kappa shape index (κ2) is 9.90. The number of likely N-dealkylation sites (tertiary alicyclic amines) is 1. The van der Waals surface area contributed by atoms with Crippen LogP contribution in [0.15, 0.2) is 11.6 Å². The van der Waals surface area contributed by atoms with Crippen LogP contribution in [0.2, 0.25) is 6.04 Å². The van der Waals surface area contributed by atoms with E-state index in [-0.39, 0.29) is 9.52 Å². The molecule has 2 heteroatoms. The van der Waals surface area contributed by atoms with Crippen LogP contribution >= 0.6 is 0 Å². The predicted molar refractivity (Wildman–Crippen MR) is 81.5 cm³/mol. The molecule has 1 nitrogen and oxygen atoms in total. The van der Waals surface area contributed by atoms with Gasteiger partial charge in [0.05, 0.1) is 0 Å². The normalized spacial score (nSPS) is 17.8. The molecule has 1 aliphatic rings. The van der Waals surface area contributed by atoms with Crippen molar-refractivity contribution in [3.63, 3.8) is 0 Å². The molecule has 1 fully saturated rings. The minimum Gasteiger partial charge on any atom is -0.307 e. The van der Waals surface area contributed by atoms with Crippen molar-refractivity contribution < 1.29 is 0 Å². The molecular weight excluding hydrogens is 222 g/mol. The second-order valence-electron chi connectivity index (χ2n) is 5.41. The van der Waals surface area contributed by atoms with Gasteiger partial charge >= 0.3 is 0 Å². The third-order valence-electron chi connectivity index (χ3n) is 3.70. The highest BCUT2D eigenvalue weighted by Gasteiger charge is 2.08. The maximum Gasteiger partial charge on any atom is 0.0407 e. The van der Waals surface area contributed by atoms with Gasteiger partial charge in [-0.2, -0.15) is 0 Å². The first kappa shape index (κ1) is 15.0. The first-order valence-electron chi connectivity index (χ1n) is 7.77. The van der Waals surface area contributed by atoms with E-state index in [1.54, 1.807) is 5.57 Å². The molecule has 0 aromatic heterocycles. The Balaban J connectivity index is 2.12. The lowest BCUT2D eigenvalue weighted by Crippen LogP contribution is -2.33. The van der Waals surface area contributed by atoms with Crippen LogP contribution in [-0.2, 0) is 0 Å². The Kier molecular flexibility index (Phi) is 8.72. The second-order valence-corrected chi connectivity index (χ2v) is 7.14. The number of nitrogens with zero attached hydrogens (tertiary/aromatic N) is 1. The van der Waals surface area contributed by atoms with E-state index >= 15 is 0 Å². The zero-order valence-electron chi connectivity index (χ0n) is 12.0. The van der Waals surface area contributed by atoms with Crippen LogP contribution in [0.3, 0.4) is 0 Å². The maximum atomic E-state index is 2.71. The van der Waals surface area contributed by atoms with Gasteiger partial charge in [-0.1, -0.05) is 44.8 Å². The van der Waals surface area contributed by atoms with Gasteiger partial charge in [0.2, 0.25) is 0 Å². The van der Waals surface area contributed by atoms with E-state index in [9.17, 15) is 0 Å². The van der Waals surface area contributed by atoms with Crippen molar-refractivity contribution in [2.45, 2.75) is 64.8 Å². The molecule has 0 saturated carbocycles. The van der Waals surface area contributed by atoms with Crippen molar-refractivity contribution in [1.82, 2.24) is 4.90 Å². The van der Waals surface area contributed by atoms with Gasteiger partial charge in [0.25, 0.3) is 0 Å². The monoisotopic (exact) mass is 253 g/mol. The van der Waals surface area contributed by atoms with E-state index in [1.807, 2.05) is 0 Å². The van der Waals surface area contributed by atoms with Crippen LogP contribution < -0.4 is 0 Å². The molecule has 0 atom stereocenters. The minimum absolute atomic E-state index is 0.139. The number of allylic oxidation sites excluding steroid dienone is 2. The zero-order valence-corrected chi connectivity index (χ0v) is 13.4. The summed E-state index contributed by atoms with van der Waals surface area (Å²) in [5.74, 6) is 0. The lowest BCUT2D eigenvalue weighted by molar-refractivity contribution is 0.262. The summed E-state index contributed by atoms with van der Waals surface area (Å²) in [7, 11) is 0.139. The predicted octanol–water partition coefficient (Wildman–Crippen LogP) is 3.54. The minimum atomic E-state index is 0.139. The molecule has 0 bridgehead atoms. The smallest absolute Gasteiger partial charge is 0.0407 e. The molecule has 0 aliphatic carbocycles. The summed E-state index contributed by atoms with van der Waals surface area (Å²) in [4.78, 5) is 2.71. The van der Waals surface area contributed by atoms with Gasteiger partial charge in [-0.3, -0.25) is 0 Å². The molecule has 17 heavy (non-hydrogen) atoms. The van der Waals surface area contributed by atoms with Gasteiger partial charge in [-0.25, -0.2) is 0 Å². The average Bonchev–Trinajstić information content (AvgIpc) is 2.36. The first-order valence-corrected chi connectivity index (χ1v) is 9.77. The third-order valence-corrected chi connectivity index (χ3v) is 5.35. The quantitative estimate of drug-likeness (QED) is 0.363. The lowest BCUT2D eigenvalue weighted by Gasteiger charge is -2.26. The largest absolute Gasteiger partial charge is 0.307 e. The highest BCUT2D eigenvalue weighted by atomic mass is 28.2. The summed E-state index contributed by atoms with van der Waals surface area (Å²) in [6, 6.07) is 1.44. The molecule has 1 rings (SSSR count). The molecule has 100 valence electrons. The highest BCUT2D eigenvalue weighted by Crippen LogP contribution is 2.13. The van der Waals surface area contributed by atoms with Gasteiger partial charge in [0.1, 0.15) is 0 Å². The van der Waals surface area contributed by atoms with E-state index in [4.69, 9.17) is 0 Å².